The zero-order valence-corrected chi connectivity index (χ0v) is 21.1. The summed E-state index contributed by atoms with van der Waals surface area (Å²) in [5, 5.41) is 5.80. The van der Waals surface area contributed by atoms with Crippen LogP contribution >= 0.6 is 11.3 Å². The highest BCUT2D eigenvalue weighted by atomic mass is 32.1. The second kappa shape index (κ2) is 13.6. The third-order valence-electron chi connectivity index (χ3n) is 5.82. The van der Waals surface area contributed by atoms with Gasteiger partial charge < -0.3 is 15.0 Å². The van der Waals surface area contributed by atoms with Gasteiger partial charge in [-0.2, -0.15) is 0 Å². The molecule has 3 saturated heterocycles. The third-order valence-corrected chi connectivity index (χ3v) is 6.79. The fourth-order valence-electron chi connectivity index (χ4n) is 4.09. The lowest BCUT2D eigenvalue weighted by molar-refractivity contribution is -0.0897. The van der Waals surface area contributed by atoms with E-state index in [0.717, 1.165) is 37.3 Å². The van der Waals surface area contributed by atoms with Crippen molar-refractivity contribution in [3.63, 3.8) is 0 Å². The topological polar surface area (TPSA) is 24.5 Å². The Balaban J connectivity index is 0.000000807. The highest BCUT2D eigenvalue weighted by molar-refractivity contribution is 7.14. The first-order valence-electron chi connectivity index (χ1n) is 12.3. The number of hydrogen-bond acceptors (Lipinski definition) is 4. The van der Waals surface area contributed by atoms with E-state index in [0.29, 0.717) is 0 Å². The molecule has 0 radical (unpaired) electrons. The van der Waals surface area contributed by atoms with Crippen LogP contribution in [0.25, 0.3) is 10.4 Å². The average molecular weight is 443 g/mol. The maximum absolute atomic E-state index is 6.70. The molecule has 0 saturated carbocycles. The molecule has 0 atom stereocenters. The summed E-state index contributed by atoms with van der Waals surface area (Å²) in [5.41, 5.74) is 2.44. The molecule has 3 aliphatic rings. The first-order chi connectivity index (χ1) is 15.3. The number of rotatable bonds is 8. The number of piperidine rings is 3. The fraction of sp³-hybridized carbons (Fsp3) is 0.556. The van der Waals surface area contributed by atoms with Crippen LogP contribution in [-0.4, -0.2) is 30.1 Å². The van der Waals surface area contributed by atoms with Crippen LogP contribution < -0.4 is 5.32 Å². The number of ether oxygens (including phenoxy) is 1. The quantitative estimate of drug-likeness (QED) is 0.329. The molecule has 2 bridgehead atoms. The number of nitrogens with one attached hydrogen (secondary N) is 1. The van der Waals surface area contributed by atoms with Gasteiger partial charge in [-0.25, -0.2) is 0 Å². The second-order valence-corrected chi connectivity index (χ2v) is 8.66. The molecule has 0 unspecified atom stereocenters. The maximum Gasteiger partial charge on any atom is 0.187 e. The zero-order valence-electron chi connectivity index (χ0n) is 20.2. The fourth-order valence-corrected chi connectivity index (χ4v) is 4.95. The summed E-state index contributed by atoms with van der Waals surface area (Å²) in [6.07, 6.45) is 9.18. The van der Waals surface area contributed by atoms with Gasteiger partial charge in [0.2, 0.25) is 0 Å². The molecule has 2 aromatic rings. The molecule has 31 heavy (non-hydrogen) atoms. The molecule has 4 heterocycles. The van der Waals surface area contributed by atoms with Crippen LogP contribution in [0.2, 0.25) is 0 Å². The predicted octanol–water partition coefficient (Wildman–Crippen LogP) is 8.17. The molecular weight excluding hydrogens is 400 g/mol. The van der Waals surface area contributed by atoms with Crippen LogP contribution in [0.4, 0.5) is 5.69 Å². The predicted molar refractivity (Wildman–Crippen MR) is 138 cm³/mol. The van der Waals surface area contributed by atoms with Crippen LogP contribution in [0.3, 0.4) is 0 Å². The van der Waals surface area contributed by atoms with Crippen LogP contribution in [0.5, 0.6) is 0 Å². The molecule has 3 nitrogen and oxygen atoms in total. The number of anilines is 1. The minimum absolute atomic E-state index is 0.0305. The Morgan fingerprint density at radius 3 is 2.29 bits per heavy atom. The highest BCUT2D eigenvalue weighted by Crippen LogP contribution is 2.39. The van der Waals surface area contributed by atoms with Gasteiger partial charge >= 0.3 is 0 Å². The summed E-state index contributed by atoms with van der Waals surface area (Å²) in [6, 6.07) is 12.8. The van der Waals surface area contributed by atoms with E-state index in [1.165, 1.54) is 42.9 Å². The van der Waals surface area contributed by atoms with Gasteiger partial charge in [-0.3, -0.25) is 0 Å². The van der Waals surface area contributed by atoms with Crippen LogP contribution in [0.15, 0.2) is 53.7 Å². The molecule has 3 aliphatic heterocycles. The number of hydrogen-bond donors (Lipinski definition) is 1. The lowest BCUT2D eigenvalue weighted by Crippen LogP contribution is -2.53. The molecule has 1 N–H and O–H groups in total. The normalized spacial score (nSPS) is 22.0. The summed E-state index contributed by atoms with van der Waals surface area (Å²) in [6.45, 7) is 13.8. The number of thiophene rings is 1. The Kier molecular flexibility index (Phi) is 11.2. The van der Waals surface area contributed by atoms with Gasteiger partial charge in [0.25, 0.3) is 0 Å². The van der Waals surface area contributed by atoms with Gasteiger partial charge in [0.1, 0.15) is 5.60 Å². The van der Waals surface area contributed by atoms with Crippen molar-refractivity contribution in [2.75, 3.05) is 25.0 Å². The molecule has 0 aliphatic carbocycles. The zero-order chi connectivity index (χ0) is 22.5. The van der Waals surface area contributed by atoms with E-state index in [1.807, 2.05) is 27.7 Å². The van der Waals surface area contributed by atoms with E-state index in [2.05, 4.69) is 65.0 Å². The monoisotopic (exact) mass is 442 g/mol. The van der Waals surface area contributed by atoms with Crippen molar-refractivity contribution in [1.29, 1.82) is 0 Å². The van der Waals surface area contributed by atoms with E-state index in [4.69, 9.17) is 4.74 Å². The first-order valence-corrected chi connectivity index (χ1v) is 13.2. The van der Waals surface area contributed by atoms with Crippen molar-refractivity contribution >= 4 is 17.0 Å². The number of unbranched alkanes of at least 4 members (excludes halogenated alkanes) is 2. The molecule has 1 aromatic carbocycles. The lowest BCUT2D eigenvalue weighted by Gasteiger charge is -2.48. The molecule has 5 rings (SSSR count). The largest absolute Gasteiger partial charge is 0.472 e. The summed E-state index contributed by atoms with van der Waals surface area (Å²) in [5.74, 6) is 0.953. The number of fused-ring (bicyclic) bond motifs is 3. The smallest absolute Gasteiger partial charge is 0.187 e. The van der Waals surface area contributed by atoms with Crippen molar-refractivity contribution in [3.05, 3.63) is 53.7 Å². The summed E-state index contributed by atoms with van der Waals surface area (Å²) < 4.78 is 6.70. The summed E-state index contributed by atoms with van der Waals surface area (Å²) in [7, 11) is 0. The Labute approximate surface area is 194 Å². The van der Waals surface area contributed by atoms with E-state index in [-0.39, 0.29) is 5.60 Å². The maximum atomic E-state index is 6.70. The van der Waals surface area contributed by atoms with E-state index < -0.39 is 0 Å². The van der Waals surface area contributed by atoms with Crippen LogP contribution in [-0.2, 0) is 4.74 Å². The Bertz CT molecular complexity index is 747. The molecule has 3 fully saturated rings. The molecule has 1 aromatic heterocycles. The second-order valence-electron chi connectivity index (χ2n) is 7.74. The third kappa shape index (κ3) is 7.11. The Morgan fingerprint density at radius 2 is 1.68 bits per heavy atom. The minimum Gasteiger partial charge on any atom is -0.472 e. The van der Waals surface area contributed by atoms with E-state index >= 15 is 0 Å². The van der Waals surface area contributed by atoms with Crippen LogP contribution in [0, 0.1) is 0 Å². The van der Waals surface area contributed by atoms with Gasteiger partial charge in [0, 0.05) is 19.6 Å². The lowest BCUT2D eigenvalue weighted by atomic mass is 9.83. The molecular formula is C27H42N2OS. The molecule has 0 spiro atoms. The SMILES string of the molecule is CC.CC.CCCC/C=C(/Nc1ccsc1-c1ccccc1)OC12CCN(CC1)CC2. The molecule has 0 amide bonds. The highest BCUT2D eigenvalue weighted by Gasteiger charge is 2.41. The number of benzene rings is 1. The number of allylic oxidation sites excluding steroid dienone is 1. The number of nitrogens with zero attached hydrogens (tertiary/aromatic N) is 1. The van der Waals surface area contributed by atoms with Crippen LogP contribution in [0.1, 0.15) is 73.1 Å². The Hall–Kier alpha value is -1.78. The van der Waals surface area contributed by atoms with Gasteiger partial charge in [-0.05, 0) is 55.2 Å². The molecule has 172 valence electrons. The van der Waals surface area contributed by atoms with Gasteiger partial charge in [-0.1, -0.05) is 71.4 Å². The van der Waals surface area contributed by atoms with Gasteiger partial charge in [0.15, 0.2) is 5.88 Å². The summed E-state index contributed by atoms with van der Waals surface area (Å²) in [4.78, 5) is 3.84. The first kappa shape index (κ1) is 25.5. The van der Waals surface area contributed by atoms with Crippen molar-refractivity contribution in [1.82, 2.24) is 4.90 Å². The van der Waals surface area contributed by atoms with Crippen molar-refractivity contribution in [2.24, 2.45) is 0 Å². The standard InChI is InChI=1S/C23H30N2OS.2C2H6/c1-2-3-5-10-21(26-23-12-15-25(16-13-23)17-14-23)24-20-11-18-27-22(20)19-8-6-4-7-9-19;2*1-2/h4,6-11,18,24H,2-3,5,12-17H2,1H3;2*1-2H3/b21-10-;;. The van der Waals surface area contributed by atoms with Crippen molar-refractivity contribution in [3.8, 4) is 10.4 Å². The molecule has 4 heteroatoms. The van der Waals surface area contributed by atoms with Gasteiger partial charge in [0.05, 0.1) is 10.6 Å². The average Bonchev–Trinajstić information content (AvgIpc) is 3.31. The minimum atomic E-state index is 0.0305. The van der Waals surface area contributed by atoms with Crippen molar-refractivity contribution < 1.29 is 4.74 Å². The van der Waals surface area contributed by atoms with E-state index in [9.17, 15) is 0 Å². The van der Waals surface area contributed by atoms with Crippen molar-refractivity contribution in [2.45, 2.75) is 78.7 Å². The Morgan fingerprint density at radius 1 is 1.03 bits per heavy atom. The van der Waals surface area contributed by atoms with E-state index in [1.54, 1.807) is 11.3 Å². The van der Waals surface area contributed by atoms with Gasteiger partial charge in [-0.15, -0.1) is 11.3 Å². The summed E-state index contributed by atoms with van der Waals surface area (Å²) >= 11 is 1.78.